The third kappa shape index (κ3) is 4.23. The first-order valence-corrected chi connectivity index (χ1v) is 8.66. The number of carbonyl (C=O) groups excluding carboxylic acids is 1. The largest absolute Gasteiger partial charge is 0.440 e. The number of nitrogens with one attached hydrogen (secondary N) is 2. The third-order valence-corrected chi connectivity index (χ3v) is 4.43. The second-order valence-corrected chi connectivity index (χ2v) is 6.53. The van der Waals surface area contributed by atoms with Gasteiger partial charge in [0, 0.05) is 30.5 Å². The minimum atomic E-state index is 0.0752. The van der Waals surface area contributed by atoms with Crippen LogP contribution in [0.15, 0.2) is 34.7 Å². The maximum atomic E-state index is 12.2. The molecule has 24 heavy (non-hydrogen) atoms. The maximum Gasteiger partial charge on any atom is 0.220 e. The number of amides is 1. The van der Waals surface area contributed by atoms with Crippen molar-refractivity contribution in [2.24, 2.45) is 0 Å². The first-order chi connectivity index (χ1) is 11.6. The first kappa shape index (κ1) is 16.7. The summed E-state index contributed by atoms with van der Waals surface area (Å²) in [6, 6.07) is 10.7. The lowest BCUT2D eigenvalue weighted by molar-refractivity contribution is -0.122. The molecule has 2 heterocycles. The van der Waals surface area contributed by atoms with Crippen molar-refractivity contribution < 1.29 is 9.21 Å². The van der Waals surface area contributed by atoms with Crippen molar-refractivity contribution in [3.05, 3.63) is 41.9 Å². The SMILES string of the molecule is Cc1nc(CCC(=O)NC2CCNC(C)C2)oc1-c1ccccc1. The lowest BCUT2D eigenvalue weighted by Gasteiger charge is -2.28. The number of aryl methyl sites for hydroxylation is 2. The summed E-state index contributed by atoms with van der Waals surface area (Å²) >= 11 is 0. The monoisotopic (exact) mass is 327 g/mol. The van der Waals surface area contributed by atoms with Crippen LogP contribution in [0.3, 0.4) is 0 Å². The van der Waals surface area contributed by atoms with E-state index in [2.05, 4.69) is 22.5 Å². The summed E-state index contributed by atoms with van der Waals surface area (Å²) in [7, 11) is 0. The molecule has 128 valence electrons. The number of hydrogen-bond acceptors (Lipinski definition) is 4. The van der Waals surface area contributed by atoms with Gasteiger partial charge in [-0.1, -0.05) is 30.3 Å². The number of rotatable bonds is 5. The van der Waals surface area contributed by atoms with Crippen LogP contribution in [-0.2, 0) is 11.2 Å². The van der Waals surface area contributed by atoms with Gasteiger partial charge >= 0.3 is 0 Å². The summed E-state index contributed by atoms with van der Waals surface area (Å²) in [6.07, 6.45) is 2.92. The summed E-state index contributed by atoms with van der Waals surface area (Å²) in [4.78, 5) is 16.6. The van der Waals surface area contributed by atoms with E-state index in [1.54, 1.807) is 0 Å². The summed E-state index contributed by atoms with van der Waals surface area (Å²) in [5, 5.41) is 6.52. The van der Waals surface area contributed by atoms with E-state index in [1.165, 1.54) is 0 Å². The second kappa shape index (κ2) is 7.62. The van der Waals surface area contributed by atoms with E-state index in [1.807, 2.05) is 37.3 Å². The molecule has 2 atom stereocenters. The molecule has 3 rings (SSSR count). The molecule has 2 N–H and O–H groups in total. The predicted molar refractivity (Wildman–Crippen MR) is 93.6 cm³/mol. The van der Waals surface area contributed by atoms with Gasteiger partial charge in [0.2, 0.25) is 5.91 Å². The highest BCUT2D eigenvalue weighted by Crippen LogP contribution is 2.24. The fourth-order valence-corrected chi connectivity index (χ4v) is 3.20. The van der Waals surface area contributed by atoms with E-state index < -0.39 is 0 Å². The second-order valence-electron chi connectivity index (χ2n) is 6.53. The van der Waals surface area contributed by atoms with Crippen LogP contribution in [0.4, 0.5) is 0 Å². The van der Waals surface area contributed by atoms with Crippen LogP contribution in [0.25, 0.3) is 11.3 Å². The molecule has 5 nitrogen and oxygen atoms in total. The lowest BCUT2D eigenvalue weighted by Crippen LogP contribution is -2.46. The standard InChI is InChI=1S/C19H25N3O2/c1-13-12-16(10-11-20-13)22-17(23)8-9-18-21-14(2)19(24-18)15-6-4-3-5-7-15/h3-7,13,16,20H,8-12H2,1-2H3,(H,22,23). The molecule has 0 bridgehead atoms. The van der Waals surface area contributed by atoms with Crippen molar-refractivity contribution in [3.63, 3.8) is 0 Å². The fraction of sp³-hybridized carbons (Fsp3) is 0.474. The summed E-state index contributed by atoms with van der Waals surface area (Å²) < 4.78 is 5.86. The van der Waals surface area contributed by atoms with Gasteiger partial charge in [0.25, 0.3) is 0 Å². The van der Waals surface area contributed by atoms with Crippen molar-refractivity contribution in [1.82, 2.24) is 15.6 Å². The Morgan fingerprint density at radius 1 is 1.38 bits per heavy atom. The number of piperidine rings is 1. The molecule has 1 aromatic carbocycles. The number of oxazole rings is 1. The Kier molecular flexibility index (Phi) is 5.30. The molecule has 1 amide bonds. The van der Waals surface area contributed by atoms with Crippen LogP contribution in [0, 0.1) is 6.92 Å². The minimum absolute atomic E-state index is 0.0752. The van der Waals surface area contributed by atoms with E-state index in [0.717, 1.165) is 36.4 Å². The normalized spacial score (nSPS) is 20.8. The highest BCUT2D eigenvalue weighted by atomic mass is 16.4. The van der Waals surface area contributed by atoms with Gasteiger partial charge in [-0.05, 0) is 33.2 Å². The van der Waals surface area contributed by atoms with E-state index in [-0.39, 0.29) is 11.9 Å². The van der Waals surface area contributed by atoms with Crippen LogP contribution < -0.4 is 10.6 Å². The summed E-state index contributed by atoms with van der Waals surface area (Å²) in [5.41, 5.74) is 1.88. The zero-order valence-corrected chi connectivity index (χ0v) is 14.3. The Bertz CT molecular complexity index is 681. The van der Waals surface area contributed by atoms with Gasteiger partial charge in [0.1, 0.15) is 0 Å². The topological polar surface area (TPSA) is 67.2 Å². The third-order valence-electron chi connectivity index (χ3n) is 4.43. The van der Waals surface area contributed by atoms with E-state index >= 15 is 0 Å². The molecule has 1 fully saturated rings. The van der Waals surface area contributed by atoms with Gasteiger partial charge in [0.15, 0.2) is 11.7 Å². The minimum Gasteiger partial charge on any atom is -0.440 e. The Morgan fingerprint density at radius 3 is 2.92 bits per heavy atom. The van der Waals surface area contributed by atoms with Gasteiger partial charge in [0.05, 0.1) is 5.69 Å². The zero-order chi connectivity index (χ0) is 16.9. The molecular weight excluding hydrogens is 302 g/mol. The smallest absolute Gasteiger partial charge is 0.220 e. The Morgan fingerprint density at radius 2 is 2.17 bits per heavy atom. The van der Waals surface area contributed by atoms with E-state index in [9.17, 15) is 4.79 Å². The van der Waals surface area contributed by atoms with Crippen molar-refractivity contribution in [2.45, 2.75) is 51.6 Å². The first-order valence-electron chi connectivity index (χ1n) is 8.66. The summed E-state index contributed by atoms with van der Waals surface area (Å²) in [5.74, 6) is 1.49. The van der Waals surface area contributed by atoms with Gasteiger partial charge in [-0.2, -0.15) is 0 Å². The van der Waals surface area contributed by atoms with Crippen molar-refractivity contribution in [3.8, 4) is 11.3 Å². The molecular formula is C19H25N3O2. The van der Waals surface area contributed by atoms with Crippen molar-refractivity contribution in [1.29, 1.82) is 0 Å². The van der Waals surface area contributed by atoms with Crippen LogP contribution in [0.2, 0.25) is 0 Å². The Balaban J connectivity index is 1.54. The maximum absolute atomic E-state index is 12.2. The highest BCUT2D eigenvalue weighted by Gasteiger charge is 2.20. The van der Waals surface area contributed by atoms with Crippen molar-refractivity contribution >= 4 is 5.91 Å². The average molecular weight is 327 g/mol. The molecule has 0 radical (unpaired) electrons. The molecule has 1 saturated heterocycles. The molecule has 5 heteroatoms. The predicted octanol–water partition coefficient (Wildman–Crippen LogP) is 2.84. The number of carbonyl (C=O) groups is 1. The quantitative estimate of drug-likeness (QED) is 0.886. The average Bonchev–Trinajstić information content (AvgIpc) is 2.95. The lowest BCUT2D eigenvalue weighted by atomic mass is 10.0. The van der Waals surface area contributed by atoms with Crippen LogP contribution in [-0.4, -0.2) is 29.5 Å². The molecule has 2 unspecified atom stereocenters. The molecule has 2 aromatic rings. The van der Waals surface area contributed by atoms with Crippen LogP contribution >= 0.6 is 0 Å². The van der Waals surface area contributed by atoms with Gasteiger partial charge < -0.3 is 15.1 Å². The van der Waals surface area contributed by atoms with Crippen LogP contribution in [0.1, 0.15) is 37.8 Å². The summed E-state index contributed by atoms with van der Waals surface area (Å²) in [6.45, 7) is 5.05. The van der Waals surface area contributed by atoms with E-state index in [4.69, 9.17) is 4.42 Å². The molecule has 0 spiro atoms. The van der Waals surface area contributed by atoms with E-state index in [0.29, 0.717) is 24.8 Å². The van der Waals surface area contributed by atoms with Gasteiger partial charge in [-0.3, -0.25) is 4.79 Å². The molecule has 1 aliphatic heterocycles. The number of hydrogen-bond donors (Lipinski definition) is 2. The molecule has 1 aromatic heterocycles. The number of benzene rings is 1. The Hall–Kier alpha value is -2.14. The number of nitrogens with zero attached hydrogens (tertiary/aromatic N) is 1. The zero-order valence-electron chi connectivity index (χ0n) is 14.3. The Labute approximate surface area is 142 Å². The van der Waals surface area contributed by atoms with Gasteiger partial charge in [-0.25, -0.2) is 4.98 Å². The van der Waals surface area contributed by atoms with Crippen LogP contribution in [0.5, 0.6) is 0 Å². The highest BCUT2D eigenvalue weighted by molar-refractivity contribution is 5.76. The number of aromatic nitrogens is 1. The molecule has 0 saturated carbocycles. The fourth-order valence-electron chi connectivity index (χ4n) is 3.20. The van der Waals surface area contributed by atoms with Crippen molar-refractivity contribution in [2.75, 3.05) is 6.54 Å². The van der Waals surface area contributed by atoms with Gasteiger partial charge in [-0.15, -0.1) is 0 Å². The molecule has 0 aliphatic carbocycles. The molecule has 1 aliphatic rings.